The first-order chi connectivity index (χ1) is 25.8. The molecule has 0 saturated carbocycles. The van der Waals surface area contributed by atoms with Crippen molar-refractivity contribution in [1.29, 1.82) is 0 Å². The maximum Gasteiger partial charge on any atom is 2.00 e. The summed E-state index contributed by atoms with van der Waals surface area (Å²) >= 11 is 0. The average Bonchev–Trinajstić information content (AvgIpc) is 3.59. The molecule has 0 N–H and O–H groups in total. The van der Waals surface area contributed by atoms with Gasteiger partial charge in [-0.3, -0.25) is 4.68 Å². The standard InChI is InChI=1S/C50H56N4O.Pt/c1-14-17-34-22-23-51-45(26-34)53-43-19-16-15-18-39(43)40-21-20-37(30-44(40)53)55-38-28-35(48(5,6)7)27-36(29-38)54-33(4)46(32(3)52-54)47-41(49(8,9)10)24-31(2)25-42(47)50(11,12)13;/h15-16,18-28H,14,17H2,1-13H3;/q-2;+2. The van der Waals surface area contributed by atoms with Crippen LogP contribution in [0, 0.1) is 32.9 Å². The topological polar surface area (TPSA) is 44.9 Å². The number of hydrogen-bond donors (Lipinski definition) is 0. The van der Waals surface area contributed by atoms with Crippen molar-refractivity contribution < 1.29 is 25.8 Å². The van der Waals surface area contributed by atoms with E-state index in [1.165, 1.54) is 33.4 Å². The Balaban J connectivity index is 0.00000532. The van der Waals surface area contributed by atoms with Crippen molar-refractivity contribution in [3.8, 4) is 34.1 Å². The van der Waals surface area contributed by atoms with Crippen molar-refractivity contribution in [2.75, 3.05) is 0 Å². The van der Waals surface area contributed by atoms with E-state index in [9.17, 15) is 0 Å². The average molecular weight is 924 g/mol. The van der Waals surface area contributed by atoms with Gasteiger partial charge in [0.2, 0.25) is 0 Å². The third kappa shape index (κ3) is 7.77. The summed E-state index contributed by atoms with van der Waals surface area (Å²) in [6.45, 7) is 29.3. The van der Waals surface area contributed by atoms with Gasteiger partial charge in [-0.2, -0.15) is 11.2 Å². The van der Waals surface area contributed by atoms with Gasteiger partial charge in [-0.25, -0.2) is 4.98 Å². The summed E-state index contributed by atoms with van der Waals surface area (Å²) in [4.78, 5) is 4.83. The number of pyridine rings is 1. The summed E-state index contributed by atoms with van der Waals surface area (Å²) in [7, 11) is 0. The Hall–Kier alpha value is -4.47. The molecule has 0 spiro atoms. The van der Waals surface area contributed by atoms with Crippen LogP contribution >= 0.6 is 0 Å². The third-order valence-electron chi connectivity index (χ3n) is 10.7. The molecular weight excluding hydrogens is 868 g/mol. The monoisotopic (exact) mass is 923 g/mol. The predicted octanol–water partition coefficient (Wildman–Crippen LogP) is 13.2. The van der Waals surface area contributed by atoms with Crippen molar-refractivity contribution in [2.45, 2.75) is 119 Å². The quantitative estimate of drug-likeness (QED) is 0.150. The van der Waals surface area contributed by atoms with Crippen LogP contribution < -0.4 is 4.74 Å². The zero-order chi connectivity index (χ0) is 39.6. The molecule has 0 saturated heterocycles. The molecule has 5 nitrogen and oxygen atoms in total. The van der Waals surface area contributed by atoms with Crippen LogP contribution in [0.1, 0.15) is 115 Å². The molecule has 0 fully saturated rings. The molecule has 0 amide bonds. The molecule has 3 aromatic heterocycles. The Kier molecular flexibility index (Phi) is 11.1. The van der Waals surface area contributed by atoms with Gasteiger partial charge in [0.15, 0.2) is 0 Å². The third-order valence-corrected chi connectivity index (χ3v) is 10.7. The normalized spacial score (nSPS) is 12.4. The molecule has 0 aliphatic carbocycles. The van der Waals surface area contributed by atoms with E-state index in [4.69, 9.17) is 14.8 Å². The molecule has 0 aliphatic heterocycles. The molecule has 7 rings (SSSR count). The van der Waals surface area contributed by atoms with E-state index in [2.05, 4.69) is 178 Å². The summed E-state index contributed by atoms with van der Waals surface area (Å²) in [6.07, 6.45) is 3.99. The summed E-state index contributed by atoms with van der Waals surface area (Å²) in [5, 5.41) is 7.50. The number of benzene rings is 4. The minimum Gasteiger partial charge on any atom is -0.509 e. The van der Waals surface area contributed by atoms with Crippen molar-refractivity contribution in [3.63, 3.8) is 0 Å². The molecule has 0 radical (unpaired) electrons. The minimum atomic E-state index is -0.147. The van der Waals surface area contributed by atoms with Gasteiger partial charge < -0.3 is 9.30 Å². The van der Waals surface area contributed by atoms with Crippen LogP contribution in [-0.4, -0.2) is 19.3 Å². The fourth-order valence-electron chi connectivity index (χ4n) is 7.93. The van der Waals surface area contributed by atoms with Gasteiger partial charge >= 0.3 is 21.1 Å². The van der Waals surface area contributed by atoms with E-state index in [0.29, 0.717) is 11.5 Å². The number of para-hydroxylation sites is 1. The molecular formula is C50H56N4OPt. The maximum atomic E-state index is 6.75. The van der Waals surface area contributed by atoms with Crippen LogP contribution in [0.4, 0.5) is 0 Å². The van der Waals surface area contributed by atoms with Crippen molar-refractivity contribution in [1.82, 2.24) is 19.3 Å². The first-order valence-electron chi connectivity index (χ1n) is 19.7. The van der Waals surface area contributed by atoms with Gasteiger partial charge in [0.1, 0.15) is 5.82 Å². The zero-order valence-corrected chi connectivity index (χ0v) is 37.7. The Morgan fingerprint density at radius 3 is 2.02 bits per heavy atom. The second kappa shape index (κ2) is 15.1. The van der Waals surface area contributed by atoms with Crippen LogP contribution in [0.3, 0.4) is 0 Å². The van der Waals surface area contributed by atoms with Gasteiger partial charge in [0.25, 0.3) is 0 Å². The SMILES string of the molecule is CCCc1ccnc(-n2c3[c-]c(Oc4[c-]c(-n5nc(C)c(-c6c(C(C)(C)C)cc(C)cc6C(C)(C)C)c5C)cc(C(C)(C)C)c4)ccc3c3ccccc32)c1.[Pt+2]. The second-order valence-electron chi connectivity index (χ2n) is 18.4. The molecule has 0 bridgehead atoms. The largest absolute Gasteiger partial charge is 2.00 e. The fraction of sp³-hybridized carbons (Fsp3) is 0.360. The Labute approximate surface area is 348 Å². The first-order valence-corrected chi connectivity index (χ1v) is 19.7. The molecule has 0 aliphatic rings. The van der Waals surface area contributed by atoms with Gasteiger partial charge in [0.05, 0.1) is 5.69 Å². The molecule has 0 atom stereocenters. The van der Waals surface area contributed by atoms with Crippen LogP contribution in [0.25, 0.3) is 44.4 Å². The number of rotatable bonds is 7. The van der Waals surface area contributed by atoms with Crippen LogP contribution in [0.15, 0.2) is 79.0 Å². The predicted molar refractivity (Wildman–Crippen MR) is 230 cm³/mol. The van der Waals surface area contributed by atoms with E-state index in [0.717, 1.165) is 63.1 Å². The number of aryl methyl sites for hydroxylation is 3. The summed E-state index contributed by atoms with van der Waals surface area (Å²) in [5.41, 5.74) is 13.6. The smallest absolute Gasteiger partial charge is 0.509 e. The Morgan fingerprint density at radius 1 is 0.696 bits per heavy atom. The Morgan fingerprint density at radius 2 is 1.38 bits per heavy atom. The molecule has 3 heterocycles. The van der Waals surface area contributed by atoms with Gasteiger partial charge in [0, 0.05) is 34.5 Å². The minimum absolute atomic E-state index is 0. The number of fused-ring (bicyclic) bond motifs is 3. The van der Waals surface area contributed by atoms with Crippen LogP contribution in [0.2, 0.25) is 0 Å². The van der Waals surface area contributed by atoms with Crippen molar-refractivity contribution in [3.05, 3.63) is 130 Å². The number of ether oxygens (including phenoxy) is 1. The van der Waals surface area contributed by atoms with E-state index in [1.54, 1.807) is 0 Å². The molecule has 0 unspecified atom stereocenters. The van der Waals surface area contributed by atoms with Gasteiger partial charge in [-0.1, -0.05) is 117 Å². The van der Waals surface area contributed by atoms with Crippen molar-refractivity contribution >= 4 is 21.8 Å². The number of aromatic nitrogens is 4. The number of hydrogen-bond acceptors (Lipinski definition) is 3. The molecule has 292 valence electrons. The Bertz CT molecular complexity index is 2530. The fourth-order valence-corrected chi connectivity index (χ4v) is 7.93. The summed E-state index contributed by atoms with van der Waals surface area (Å²) < 4.78 is 11.0. The van der Waals surface area contributed by atoms with Gasteiger partial charge in [-0.15, -0.1) is 41.3 Å². The second-order valence-corrected chi connectivity index (χ2v) is 18.4. The van der Waals surface area contributed by atoms with Crippen molar-refractivity contribution in [2.24, 2.45) is 0 Å². The van der Waals surface area contributed by atoms with E-state index < -0.39 is 0 Å². The molecule has 7 aromatic rings. The van der Waals surface area contributed by atoms with E-state index in [1.807, 2.05) is 12.3 Å². The summed E-state index contributed by atoms with van der Waals surface area (Å²) in [6, 6.07) is 33.3. The van der Waals surface area contributed by atoms with E-state index >= 15 is 0 Å². The molecule has 56 heavy (non-hydrogen) atoms. The first kappa shape index (κ1) is 41.2. The molecule has 4 aromatic carbocycles. The number of nitrogens with zero attached hydrogens (tertiary/aromatic N) is 4. The maximum absolute atomic E-state index is 6.75. The molecule has 6 heteroatoms. The summed E-state index contributed by atoms with van der Waals surface area (Å²) in [5.74, 6) is 2.12. The zero-order valence-electron chi connectivity index (χ0n) is 35.4. The van der Waals surface area contributed by atoms with E-state index in [-0.39, 0.29) is 37.3 Å². The van der Waals surface area contributed by atoms with Gasteiger partial charge in [-0.05, 0) is 95.0 Å². The van der Waals surface area contributed by atoms with Crippen LogP contribution in [0.5, 0.6) is 11.5 Å². The van der Waals surface area contributed by atoms with Crippen LogP contribution in [-0.2, 0) is 43.7 Å².